The average molecular weight is 241 g/mol. The van der Waals surface area contributed by atoms with Gasteiger partial charge >= 0.3 is 0 Å². The van der Waals surface area contributed by atoms with Crippen molar-refractivity contribution in [1.82, 2.24) is 5.32 Å². The Hall–Kier alpha value is 0.310. The molecule has 0 aromatic carbocycles. The molecule has 2 heterocycles. The van der Waals surface area contributed by atoms with Gasteiger partial charge in [-0.05, 0) is 61.8 Å². The van der Waals surface area contributed by atoms with Crippen molar-refractivity contribution in [1.29, 1.82) is 0 Å². The summed E-state index contributed by atoms with van der Waals surface area (Å²) in [5.74, 6) is 3.16. The Balaban J connectivity index is 2.12. The Bertz CT molecular complexity index is 223. The maximum Gasteiger partial charge on any atom is 0.00787 e. The molecule has 2 saturated heterocycles. The molecule has 0 aliphatic carbocycles. The molecule has 0 aromatic rings. The second-order valence-electron chi connectivity index (χ2n) is 6.13. The van der Waals surface area contributed by atoms with Crippen molar-refractivity contribution in [2.75, 3.05) is 18.8 Å². The molecular weight excluding hydrogens is 214 g/mol. The fraction of sp³-hybridized carbons (Fsp3) is 1.00. The second-order valence-corrected chi connectivity index (χ2v) is 7.58. The van der Waals surface area contributed by atoms with Crippen LogP contribution < -0.4 is 5.32 Å². The summed E-state index contributed by atoms with van der Waals surface area (Å²) >= 11 is 2.23. The van der Waals surface area contributed by atoms with Crippen molar-refractivity contribution in [3.63, 3.8) is 0 Å². The van der Waals surface area contributed by atoms with Crippen LogP contribution in [0.3, 0.4) is 0 Å². The Labute approximate surface area is 105 Å². The molecule has 3 unspecified atom stereocenters. The second kappa shape index (κ2) is 5.30. The first kappa shape index (κ1) is 12.8. The lowest BCUT2D eigenvalue weighted by Crippen LogP contribution is -2.51. The number of piperidine rings is 1. The molecule has 1 N–H and O–H groups in total. The number of rotatable bonds is 2. The van der Waals surface area contributed by atoms with E-state index in [0.717, 1.165) is 17.1 Å². The van der Waals surface area contributed by atoms with Gasteiger partial charge in [0.25, 0.3) is 0 Å². The predicted octanol–water partition coefficient (Wildman–Crippen LogP) is 3.54. The van der Waals surface area contributed by atoms with Gasteiger partial charge in [0.05, 0.1) is 0 Å². The molecule has 0 saturated carbocycles. The molecule has 1 nitrogen and oxygen atoms in total. The van der Waals surface area contributed by atoms with E-state index in [-0.39, 0.29) is 0 Å². The minimum Gasteiger partial charge on any atom is -0.316 e. The van der Waals surface area contributed by atoms with Crippen LogP contribution in [0, 0.1) is 17.3 Å². The highest BCUT2D eigenvalue weighted by Gasteiger charge is 2.46. The molecule has 2 heteroatoms. The largest absolute Gasteiger partial charge is 0.316 e. The third-order valence-corrected chi connectivity index (χ3v) is 6.18. The smallest absolute Gasteiger partial charge is 0.00787 e. The summed E-state index contributed by atoms with van der Waals surface area (Å²) in [6.07, 6.45) is 5.76. The molecule has 0 aromatic heterocycles. The lowest BCUT2D eigenvalue weighted by atomic mass is 9.63. The minimum absolute atomic E-state index is 0.665. The maximum atomic E-state index is 3.62. The van der Waals surface area contributed by atoms with Crippen LogP contribution in [0.4, 0.5) is 0 Å². The van der Waals surface area contributed by atoms with Crippen molar-refractivity contribution < 1.29 is 0 Å². The van der Waals surface area contributed by atoms with Crippen molar-refractivity contribution in [3.8, 4) is 0 Å². The van der Waals surface area contributed by atoms with Crippen molar-refractivity contribution in [2.45, 2.75) is 51.7 Å². The topological polar surface area (TPSA) is 12.0 Å². The zero-order valence-electron chi connectivity index (χ0n) is 11.1. The molecular formula is C14H27NS. The van der Waals surface area contributed by atoms with Crippen LogP contribution in [0.5, 0.6) is 0 Å². The monoisotopic (exact) mass is 241 g/mol. The highest BCUT2D eigenvalue weighted by molar-refractivity contribution is 7.99. The van der Waals surface area contributed by atoms with Gasteiger partial charge in [-0.1, -0.05) is 20.8 Å². The number of hydrogen-bond acceptors (Lipinski definition) is 2. The number of thioether (sulfide) groups is 1. The van der Waals surface area contributed by atoms with Gasteiger partial charge in [-0.15, -0.1) is 0 Å². The summed E-state index contributed by atoms with van der Waals surface area (Å²) in [4.78, 5) is 0. The maximum absolute atomic E-state index is 3.62. The lowest BCUT2D eigenvalue weighted by Gasteiger charge is -2.51. The van der Waals surface area contributed by atoms with E-state index in [1.54, 1.807) is 0 Å². The van der Waals surface area contributed by atoms with E-state index in [1.807, 2.05) is 0 Å². The van der Waals surface area contributed by atoms with E-state index in [4.69, 9.17) is 0 Å². The van der Waals surface area contributed by atoms with E-state index in [9.17, 15) is 0 Å². The third-order valence-electron chi connectivity index (χ3n) is 4.69. The van der Waals surface area contributed by atoms with Gasteiger partial charge in [0.2, 0.25) is 0 Å². The standard InChI is InChI=1S/C14H27NS/c1-11(2)9-13-10-15-7-6-14(13)5-4-8-16-12(14)3/h11-13,15H,4-10H2,1-3H3. The number of hydrogen-bond donors (Lipinski definition) is 1. The van der Waals surface area contributed by atoms with Gasteiger partial charge < -0.3 is 5.32 Å². The van der Waals surface area contributed by atoms with Crippen LogP contribution in [0.2, 0.25) is 0 Å². The quantitative estimate of drug-likeness (QED) is 0.793. The summed E-state index contributed by atoms with van der Waals surface area (Å²) in [6, 6.07) is 0. The summed E-state index contributed by atoms with van der Waals surface area (Å²) in [7, 11) is 0. The van der Waals surface area contributed by atoms with Crippen molar-refractivity contribution in [3.05, 3.63) is 0 Å². The molecule has 2 aliphatic heterocycles. The zero-order valence-corrected chi connectivity index (χ0v) is 11.9. The molecule has 16 heavy (non-hydrogen) atoms. The Morgan fingerprint density at radius 3 is 2.88 bits per heavy atom. The Kier molecular flexibility index (Phi) is 4.23. The molecule has 0 amide bonds. The lowest BCUT2D eigenvalue weighted by molar-refractivity contribution is 0.0754. The van der Waals surface area contributed by atoms with Gasteiger partial charge in [-0.2, -0.15) is 11.8 Å². The van der Waals surface area contributed by atoms with Crippen LogP contribution in [0.15, 0.2) is 0 Å². The average Bonchev–Trinajstić information content (AvgIpc) is 2.25. The normalized spacial score (nSPS) is 40.5. The SMILES string of the molecule is CC(C)CC1CNCCC12CCCSC2C. The van der Waals surface area contributed by atoms with Crippen LogP contribution >= 0.6 is 11.8 Å². The van der Waals surface area contributed by atoms with Crippen LogP contribution in [0.25, 0.3) is 0 Å². The molecule has 94 valence electrons. The highest BCUT2D eigenvalue weighted by atomic mass is 32.2. The van der Waals surface area contributed by atoms with Gasteiger partial charge in [0.15, 0.2) is 0 Å². The summed E-state index contributed by atoms with van der Waals surface area (Å²) in [5, 5.41) is 4.50. The van der Waals surface area contributed by atoms with Crippen molar-refractivity contribution in [2.24, 2.45) is 17.3 Å². The minimum atomic E-state index is 0.665. The molecule has 2 aliphatic rings. The van der Waals surface area contributed by atoms with Gasteiger partial charge in [-0.3, -0.25) is 0 Å². The Morgan fingerprint density at radius 1 is 1.38 bits per heavy atom. The first-order valence-corrected chi connectivity index (χ1v) is 8.02. The highest BCUT2D eigenvalue weighted by Crippen LogP contribution is 2.51. The fourth-order valence-corrected chi connectivity index (χ4v) is 5.21. The summed E-state index contributed by atoms with van der Waals surface area (Å²) in [5.41, 5.74) is 0.665. The van der Waals surface area contributed by atoms with Crippen LogP contribution in [-0.2, 0) is 0 Å². The van der Waals surface area contributed by atoms with Gasteiger partial charge in [0, 0.05) is 5.25 Å². The predicted molar refractivity (Wildman–Crippen MR) is 74.0 cm³/mol. The van der Waals surface area contributed by atoms with Crippen LogP contribution in [0.1, 0.15) is 46.5 Å². The van der Waals surface area contributed by atoms with Gasteiger partial charge in [0.1, 0.15) is 0 Å². The third kappa shape index (κ3) is 2.43. The Morgan fingerprint density at radius 2 is 2.19 bits per heavy atom. The molecule has 3 atom stereocenters. The van der Waals surface area contributed by atoms with Crippen LogP contribution in [-0.4, -0.2) is 24.1 Å². The van der Waals surface area contributed by atoms with Crippen molar-refractivity contribution >= 4 is 11.8 Å². The molecule has 0 radical (unpaired) electrons. The molecule has 1 spiro atoms. The molecule has 2 fully saturated rings. The van der Waals surface area contributed by atoms with E-state index in [1.165, 1.54) is 44.5 Å². The first-order chi connectivity index (χ1) is 7.65. The zero-order chi connectivity index (χ0) is 11.6. The van der Waals surface area contributed by atoms with E-state index in [2.05, 4.69) is 37.8 Å². The van der Waals surface area contributed by atoms with Gasteiger partial charge in [-0.25, -0.2) is 0 Å². The van der Waals surface area contributed by atoms with E-state index >= 15 is 0 Å². The fourth-order valence-electron chi connectivity index (χ4n) is 3.79. The first-order valence-electron chi connectivity index (χ1n) is 6.97. The summed E-state index contributed by atoms with van der Waals surface area (Å²) < 4.78 is 0. The number of nitrogens with one attached hydrogen (secondary N) is 1. The summed E-state index contributed by atoms with van der Waals surface area (Å²) in [6.45, 7) is 9.76. The van der Waals surface area contributed by atoms with E-state index < -0.39 is 0 Å². The molecule has 2 rings (SSSR count). The van der Waals surface area contributed by atoms with E-state index in [0.29, 0.717) is 5.41 Å². The molecule has 0 bridgehead atoms.